The van der Waals surface area contributed by atoms with Gasteiger partial charge in [0, 0.05) is 11.9 Å². The fraction of sp³-hybridized carbons (Fsp3) is 0.143. The molecule has 4 nitrogen and oxygen atoms in total. The van der Waals surface area contributed by atoms with Crippen molar-refractivity contribution in [2.24, 2.45) is 0 Å². The SMILES string of the molecule is COC(=O)c1cn2c(C)c(-c3ccccc3)sc2n1. The number of imidazole rings is 1. The van der Waals surface area contributed by atoms with Gasteiger partial charge in [-0.25, -0.2) is 9.78 Å². The number of benzene rings is 1. The fourth-order valence-corrected chi connectivity index (χ4v) is 3.12. The average molecular weight is 272 g/mol. The van der Waals surface area contributed by atoms with E-state index in [4.69, 9.17) is 0 Å². The molecule has 2 heterocycles. The van der Waals surface area contributed by atoms with Gasteiger partial charge in [-0.15, -0.1) is 0 Å². The first-order valence-electron chi connectivity index (χ1n) is 5.83. The van der Waals surface area contributed by atoms with E-state index in [0.717, 1.165) is 16.2 Å². The van der Waals surface area contributed by atoms with Gasteiger partial charge in [0.25, 0.3) is 0 Å². The summed E-state index contributed by atoms with van der Waals surface area (Å²) in [5, 5.41) is 0. The highest BCUT2D eigenvalue weighted by molar-refractivity contribution is 7.20. The van der Waals surface area contributed by atoms with Crippen LogP contribution in [0, 0.1) is 6.92 Å². The summed E-state index contributed by atoms with van der Waals surface area (Å²) < 4.78 is 6.61. The molecular formula is C14H12N2O2S. The van der Waals surface area contributed by atoms with Crippen LogP contribution in [0.2, 0.25) is 0 Å². The second-order valence-corrected chi connectivity index (χ2v) is 5.13. The predicted molar refractivity (Wildman–Crippen MR) is 74.6 cm³/mol. The summed E-state index contributed by atoms with van der Waals surface area (Å²) >= 11 is 1.57. The van der Waals surface area contributed by atoms with Crippen molar-refractivity contribution in [1.82, 2.24) is 9.38 Å². The summed E-state index contributed by atoms with van der Waals surface area (Å²) in [7, 11) is 1.36. The summed E-state index contributed by atoms with van der Waals surface area (Å²) in [5.74, 6) is -0.406. The fourth-order valence-electron chi connectivity index (χ4n) is 2.01. The van der Waals surface area contributed by atoms with E-state index in [1.54, 1.807) is 17.5 Å². The largest absolute Gasteiger partial charge is 0.464 e. The number of esters is 1. The van der Waals surface area contributed by atoms with E-state index >= 15 is 0 Å². The zero-order valence-electron chi connectivity index (χ0n) is 10.6. The van der Waals surface area contributed by atoms with Gasteiger partial charge >= 0.3 is 5.97 Å². The lowest BCUT2D eigenvalue weighted by molar-refractivity contribution is 0.0595. The van der Waals surface area contributed by atoms with Crippen LogP contribution < -0.4 is 0 Å². The van der Waals surface area contributed by atoms with Gasteiger partial charge in [0.1, 0.15) is 0 Å². The van der Waals surface area contributed by atoms with Crippen LogP contribution in [-0.4, -0.2) is 22.5 Å². The minimum Gasteiger partial charge on any atom is -0.464 e. The van der Waals surface area contributed by atoms with Gasteiger partial charge in [0.05, 0.1) is 12.0 Å². The number of nitrogens with zero attached hydrogens (tertiary/aromatic N) is 2. The maximum atomic E-state index is 11.5. The average Bonchev–Trinajstić information content (AvgIpc) is 2.99. The first-order valence-corrected chi connectivity index (χ1v) is 6.64. The molecule has 0 radical (unpaired) electrons. The summed E-state index contributed by atoms with van der Waals surface area (Å²) in [5.41, 5.74) is 2.58. The van der Waals surface area contributed by atoms with Crippen molar-refractivity contribution in [2.45, 2.75) is 6.92 Å². The molecule has 0 unspecified atom stereocenters. The molecule has 2 aromatic heterocycles. The number of rotatable bonds is 2. The van der Waals surface area contributed by atoms with E-state index in [-0.39, 0.29) is 0 Å². The molecule has 0 fully saturated rings. The van der Waals surface area contributed by atoms with E-state index in [1.807, 2.05) is 29.5 Å². The maximum Gasteiger partial charge on any atom is 0.358 e. The molecular weight excluding hydrogens is 260 g/mol. The normalized spacial score (nSPS) is 10.8. The Kier molecular flexibility index (Phi) is 2.83. The Hall–Kier alpha value is -2.14. The van der Waals surface area contributed by atoms with Crippen LogP contribution in [0.4, 0.5) is 0 Å². The smallest absolute Gasteiger partial charge is 0.358 e. The van der Waals surface area contributed by atoms with Crippen LogP contribution in [-0.2, 0) is 4.74 Å². The number of carbonyl (C=O) groups excluding carboxylic acids is 1. The van der Waals surface area contributed by atoms with Crippen molar-refractivity contribution in [3.05, 3.63) is 47.9 Å². The molecule has 0 atom stereocenters. The van der Waals surface area contributed by atoms with Crippen molar-refractivity contribution in [3.8, 4) is 10.4 Å². The van der Waals surface area contributed by atoms with Gasteiger partial charge in [-0.05, 0) is 12.5 Å². The number of carbonyl (C=O) groups is 1. The van der Waals surface area contributed by atoms with Gasteiger partial charge in [0.2, 0.25) is 0 Å². The molecule has 1 aromatic carbocycles. The van der Waals surface area contributed by atoms with Crippen molar-refractivity contribution in [3.63, 3.8) is 0 Å². The maximum absolute atomic E-state index is 11.5. The van der Waals surface area contributed by atoms with E-state index in [2.05, 4.69) is 21.9 Å². The minimum atomic E-state index is -0.406. The van der Waals surface area contributed by atoms with E-state index in [0.29, 0.717) is 5.69 Å². The standard InChI is InChI=1S/C14H12N2O2S/c1-9-12(10-6-4-3-5-7-10)19-14-15-11(8-16(9)14)13(17)18-2/h3-8H,1-2H3. The number of ether oxygens (including phenoxy) is 1. The number of thiazole rings is 1. The van der Waals surface area contributed by atoms with Crippen LogP contribution in [0.3, 0.4) is 0 Å². The highest BCUT2D eigenvalue weighted by atomic mass is 32.1. The molecule has 0 aliphatic rings. The van der Waals surface area contributed by atoms with E-state index < -0.39 is 5.97 Å². The predicted octanol–water partition coefficient (Wildman–Crippen LogP) is 3.16. The molecule has 0 saturated heterocycles. The second kappa shape index (κ2) is 4.51. The number of aromatic nitrogens is 2. The summed E-state index contributed by atoms with van der Waals surface area (Å²) in [6, 6.07) is 10.2. The highest BCUT2D eigenvalue weighted by Gasteiger charge is 2.16. The molecule has 0 aliphatic heterocycles. The second-order valence-electron chi connectivity index (χ2n) is 4.15. The summed E-state index contributed by atoms with van der Waals surface area (Å²) in [6.45, 7) is 2.02. The Balaban J connectivity index is 2.13. The molecule has 19 heavy (non-hydrogen) atoms. The van der Waals surface area contributed by atoms with Crippen molar-refractivity contribution in [1.29, 1.82) is 0 Å². The summed E-state index contributed by atoms with van der Waals surface area (Å²) in [4.78, 5) is 17.7. The first-order chi connectivity index (χ1) is 9.20. The lowest BCUT2D eigenvalue weighted by Gasteiger charge is -1.98. The van der Waals surface area contributed by atoms with Gasteiger partial charge < -0.3 is 4.74 Å². The molecule has 5 heteroatoms. The Bertz CT molecular complexity index is 743. The molecule has 0 spiro atoms. The van der Waals surface area contributed by atoms with Crippen molar-refractivity contribution < 1.29 is 9.53 Å². The van der Waals surface area contributed by atoms with Crippen LogP contribution in [0.5, 0.6) is 0 Å². The van der Waals surface area contributed by atoms with Crippen LogP contribution >= 0.6 is 11.3 Å². The summed E-state index contributed by atoms with van der Waals surface area (Å²) in [6.07, 6.45) is 1.72. The van der Waals surface area contributed by atoms with E-state index in [9.17, 15) is 4.79 Å². The zero-order valence-corrected chi connectivity index (χ0v) is 11.4. The molecule has 0 amide bonds. The highest BCUT2D eigenvalue weighted by Crippen LogP contribution is 2.32. The minimum absolute atomic E-state index is 0.344. The topological polar surface area (TPSA) is 43.6 Å². The number of fused-ring (bicyclic) bond motifs is 1. The third kappa shape index (κ3) is 1.92. The molecule has 0 bridgehead atoms. The first kappa shape index (κ1) is 11.9. The van der Waals surface area contributed by atoms with Crippen molar-refractivity contribution in [2.75, 3.05) is 7.11 Å². The third-order valence-corrected chi connectivity index (χ3v) is 4.19. The molecule has 3 aromatic rings. The van der Waals surface area contributed by atoms with Crippen LogP contribution in [0.15, 0.2) is 36.5 Å². The number of methoxy groups -OCH3 is 1. The molecule has 0 aliphatic carbocycles. The van der Waals surface area contributed by atoms with Gasteiger partial charge in [-0.3, -0.25) is 4.40 Å². The molecule has 0 N–H and O–H groups in total. The van der Waals surface area contributed by atoms with Crippen LogP contribution in [0.1, 0.15) is 16.2 Å². The number of aryl methyl sites for hydroxylation is 1. The Morgan fingerprint density at radius 3 is 2.68 bits per heavy atom. The zero-order chi connectivity index (χ0) is 13.4. The number of hydrogen-bond donors (Lipinski definition) is 0. The number of hydrogen-bond acceptors (Lipinski definition) is 4. The van der Waals surface area contributed by atoms with Gasteiger partial charge in [0.15, 0.2) is 10.7 Å². The van der Waals surface area contributed by atoms with Crippen molar-refractivity contribution >= 4 is 22.3 Å². The molecule has 0 saturated carbocycles. The van der Waals surface area contributed by atoms with Gasteiger partial charge in [-0.2, -0.15) is 0 Å². The Morgan fingerprint density at radius 1 is 1.32 bits per heavy atom. The lowest BCUT2D eigenvalue weighted by Crippen LogP contribution is -2.00. The molecule has 3 rings (SSSR count). The van der Waals surface area contributed by atoms with Crippen LogP contribution in [0.25, 0.3) is 15.4 Å². The molecule has 96 valence electrons. The Morgan fingerprint density at radius 2 is 2.05 bits per heavy atom. The lowest BCUT2D eigenvalue weighted by atomic mass is 10.2. The third-order valence-electron chi connectivity index (χ3n) is 2.99. The van der Waals surface area contributed by atoms with E-state index in [1.165, 1.54) is 12.0 Å². The Labute approximate surface area is 114 Å². The monoisotopic (exact) mass is 272 g/mol. The van der Waals surface area contributed by atoms with Gasteiger partial charge in [-0.1, -0.05) is 41.7 Å². The quantitative estimate of drug-likeness (QED) is 0.673.